The first kappa shape index (κ1) is 13.3. The summed E-state index contributed by atoms with van der Waals surface area (Å²) in [6.07, 6.45) is 6.96. The van der Waals surface area contributed by atoms with Crippen molar-refractivity contribution in [1.82, 2.24) is 9.80 Å². The van der Waals surface area contributed by atoms with Crippen molar-refractivity contribution in [2.45, 2.75) is 51.1 Å². The van der Waals surface area contributed by atoms with Crippen LogP contribution in [0.15, 0.2) is 0 Å². The molecule has 0 aromatic rings. The van der Waals surface area contributed by atoms with E-state index in [1.807, 2.05) is 0 Å². The minimum atomic E-state index is 0.298. The Morgan fingerprint density at radius 2 is 1.76 bits per heavy atom. The Hall–Kier alpha value is -0.120. The van der Waals surface area contributed by atoms with Gasteiger partial charge in [0.25, 0.3) is 0 Å². The van der Waals surface area contributed by atoms with Crippen LogP contribution in [0.25, 0.3) is 0 Å². The molecular weight excluding hydrogens is 212 g/mol. The molecule has 1 heterocycles. The Kier molecular flexibility index (Phi) is 4.83. The molecule has 0 aromatic carbocycles. The van der Waals surface area contributed by atoms with E-state index in [2.05, 4.69) is 23.8 Å². The second-order valence-electron chi connectivity index (χ2n) is 6.13. The third-order valence-corrected chi connectivity index (χ3v) is 4.52. The SMILES string of the molecule is CC1CN(C)C(CO)CN(C2CCCCC2)C1. The fourth-order valence-corrected chi connectivity index (χ4v) is 3.52. The van der Waals surface area contributed by atoms with Crippen molar-refractivity contribution in [1.29, 1.82) is 0 Å². The van der Waals surface area contributed by atoms with Crippen LogP contribution in [0.5, 0.6) is 0 Å². The first-order valence-corrected chi connectivity index (χ1v) is 7.26. The normalized spacial score (nSPS) is 34.8. The van der Waals surface area contributed by atoms with Crippen LogP contribution in [0.4, 0.5) is 0 Å². The zero-order valence-corrected chi connectivity index (χ0v) is 11.4. The van der Waals surface area contributed by atoms with Crippen LogP contribution in [0, 0.1) is 5.92 Å². The standard InChI is InChI=1S/C14H28N2O/c1-12-8-15(2)14(11-17)10-16(9-12)13-6-4-3-5-7-13/h12-14,17H,3-11H2,1-2H3. The average molecular weight is 240 g/mol. The number of nitrogens with zero attached hydrogens (tertiary/aromatic N) is 2. The Labute approximate surface area is 106 Å². The van der Waals surface area contributed by atoms with Gasteiger partial charge in [0.2, 0.25) is 0 Å². The highest BCUT2D eigenvalue weighted by Crippen LogP contribution is 2.25. The van der Waals surface area contributed by atoms with Crippen LogP contribution < -0.4 is 0 Å². The van der Waals surface area contributed by atoms with E-state index < -0.39 is 0 Å². The summed E-state index contributed by atoms with van der Waals surface area (Å²) in [6.45, 7) is 6.03. The second-order valence-corrected chi connectivity index (χ2v) is 6.13. The van der Waals surface area contributed by atoms with E-state index in [4.69, 9.17) is 0 Å². The maximum atomic E-state index is 9.52. The number of rotatable bonds is 2. The monoisotopic (exact) mass is 240 g/mol. The fraction of sp³-hybridized carbons (Fsp3) is 1.00. The van der Waals surface area contributed by atoms with Gasteiger partial charge in [-0.15, -0.1) is 0 Å². The van der Waals surface area contributed by atoms with Gasteiger partial charge in [-0.1, -0.05) is 26.2 Å². The molecule has 2 atom stereocenters. The number of aliphatic hydroxyl groups excluding tert-OH is 1. The highest BCUT2D eigenvalue weighted by Gasteiger charge is 2.29. The van der Waals surface area contributed by atoms with E-state index >= 15 is 0 Å². The summed E-state index contributed by atoms with van der Waals surface area (Å²) in [6, 6.07) is 1.12. The molecule has 1 aliphatic carbocycles. The molecule has 1 saturated heterocycles. The molecule has 3 nitrogen and oxygen atoms in total. The summed E-state index contributed by atoms with van der Waals surface area (Å²) in [4.78, 5) is 5.00. The van der Waals surface area contributed by atoms with Crippen LogP contribution in [-0.4, -0.2) is 60.3 Å². The van der Waals surface area contributed by atoms with Gasteiger partial charge >= 0.3 is 0 Å². The third kappa shape index (κ3) is 3.43. The predicted molar refractivity (Wildman–Crippen MR) is 71.1 cm³/mol. The molecule has 0 spiro atoms. The van der Waals surface area contributed by atoms with Crippen molar-refractivity contribution in [3.05, 3.63) is 0 Å². The van der Waals surface area contributed by atoms with Gasteiger partial charge in [-0.3, -0.25) is 9.80 Å². The summed E-state index contributed by atoms with van der Waals surface area (Å²) >= 11 is 0. The molecule has 2 unspecified atom stereocenters. The van der Waals surface area contributed by atoms with Crippen LogP contribution in [-0.2, 0) is 0 Å². The van der Waals surface area contributed by atoms with Crippen molar-refractivity contribution in [3.63, 3.8) is 0 Å². The lowest BCUT2D eigenvalue weighted by Gasteiger charge is -2.36. The minimum absolute atomic E-state index is 0.298. The second kappa shape index (κ2) is 6.17. The van der Waals surface area contributed by atoms with Crippen LogP contribution >= 0.6 is 0 Å². The van der Waals surface area contributed by atoms with Crippen molar-refractivity contribution >= 4 is 0 Å². The van der Waals surface area contributed by atoms with Gasteiger partial charge < -0.3 is 5.11 Å². The first-order chi connectivity index (χ1) is 8.20. The van der Waals surface area contributed by atoms with Gasteiger partial charge in [0.1, 0.15) is 0 Å². The molecule has 0 radical (unpaired) electrons. The minimum Gasteiger partial charge on any atom is -0.395 e. The van der Waals surface area contributed by atoms with E-state index in [1.165, 1.54) is 38.6 Å². The molecule has 2 fully saturated rings. The zero-order valence-electron chi connectivity index (χ0n) is 11.4. The molecule has 2 rings (SSSR count). The lowest BCUT2D eigenvalue weighted by molar-refractivity contribution is 0.101. The summed E-state index contributed by atoms with van der Waals surface area (Å²) in [5.41, 5.74) is 0. The van der Waals surface area contributed by atoms with Crippen molar-refractivity contribution in [2.75, 3.05) is 33.3 Å². The largest absolute Gasteiger partial charge is 0.395 e. The number of hydrogen-bond donors (Lipinski definition) is 1. The smallest absolute Gasteiger partial charge is 0.0599 e. The van der Waals surface area contributed by atoms with Crippen molar-refractivity contribution in [3.8, 4) is 0 Å². The van der Waals surface area contributed by atoms with Gasteiger partial charge in [0.15, 0.2) is 0 Å². The zero-order chi connectivity index (χ0) is 12.3. The highest BCUT2D eigenvalue weighted by molar-refractivity contribution is 4.85. The van der Waals surface area contributed by atoms with E-state index in [9.17, 15) is 5.11 Å². The third-order valence-electron chi connectivity index (χ3n) is 4.52. The fourth-order valence-electron chi connectivity index (χ4n) is 3.52. The van der Waals surface area contributed by atoms with E-state index in [0.717, 1.165) is 25.0 Å². The maximum Gasteiger partial charge on any atom is 0.0599 e. The highest BCUT2D eigenvalue weighted by atomic mass is 16.3. The van der Waals surface area contributed by atoms with E-state index in [-0.39, 0.29) is 0 Å². The first-order valence-electron chi connectivity index (χ1n) is 7.26. The number of hydrogen-bond acceptors (Lipinski definition) is 3. The summed E-state index contributed by atoms with van der Waals surface area (Å²) in [7, 11) is 2.15. The van der Waals surface area contributed by atoms with Crippen LogP contribution in [0.1, 0.15) is 39.0 Å². The summed E-state index contributed by atoms with van der Waals surface area (Å²) in [5, 5.41) is 9.52. The molecule has 0 aromatic heterocycles. The van der Waals surface area contributed by atoms with Gasteiger partial charge in [-0.05, 0) is 25.8 Å². The van der Waals surface area contributed by atoms with E-state index in [1.54, 1.807) is 0 Å². The molecule has 1 N–H and O–H groups in total. The van der Waals surface area contributed by atoms with Crippen LogP contribution in [0.2, 0.25) is 0 Å². The van der Waals surface area contributed by atoms with Gasteiger partial charge in [-0.25, -0.2) is 0 Å². The number of likely N-dealkylation sites (N-methyl/N-ethyl adjacent to an activating group) is 1. The molecule has 2 aliphatic rings. The Morgan fingerprint density at radius 1 is 1.06 bits per heavy atom. The van der Waals surface area contributed by atoms with Gasteiger partial charge in [0.05, 0.1) is 6.61 Å². The van der Waals surface area contributed by atoms with Crippen molar-refractivity contribution in [2.24, 2.45) is 5.92 Å². The van der Waals surface area contributed by atoms with Crippen LogP contribution in [0.3, 0.4) is 0 Å². The van der Waals surface area contributed by atoms with Gasteiger partial charge in [0, 0.05) is 31.7 Å². The summed E-state index contributed by atoms with van der Waals surface area (Å²) in [5.74, 6) is 0.721. The molecule has 1 saturated carbocycles. The Bertz CT molecular complexity index is 228. The lowest BCUT2D eigenvalue weighted by Crippen LogP contribution is -2.45. The maximum absolute atomic E-state index is 9.52. The molecule has 0 amide bonds. The molecule has 17 heavy (non-hydrogen) atoms. The van der Waals surface area contributed by atoms with Crippen molar-refractivity contribution < 1.29 is 5.11 Å². The molecule has 1 aliphatic heterocycles. The molecule has 0 bridgehead atoms. The van der Waals surface area contributed by atoms with Gasteiger partial charge in [-0.2, -0.15) is 0 Å². The summed E-state index contributed by atoms with van der Waals surface area (Å²) < 4.78 is 0. The molecule has 3 heteroatoms. The lowest BCUT2D eigenvalue weighted by atomic mass is 9.93. The Morgan fingerprint density at radius 3 is 2.41 bits per heavy atom. The topological polar surface area (TPSA) is 26.7 Å². The predicted octanol–water partition coefficient (Wildman–Crippen LogP) is 1.56. The average Bonchev–Trinajstić information content (AvgIpc) is 2.48. The number of aliphatic hydroxyl groups is 1. The Balaban J connectivity index is 1.99. The molecular formula is C14H28N2O. The van der Waals surface area contributed by atoms with E-state index in [0.29, 0.717) is 12.6 Å². The molecule has 100 valence electrons. The quantitative estimate of drug-likeness (QED) is 0.793.